The number of benzene rings is 1. The summed E-state index contributed by atoms with van der Waals surface area (Å²) in [6, 6.07) is 6.72. The van der Waals surface area contributed by atoms with E-state index in [2.05, 4.69) is 21.6 Å². The highest BCUT2D eigenvalue weighted by atomic mass is 16.5. The maximum Gasteiger partial charge on any atom is 0.263 e. The number of hydrogen-bond acceptors (Lipinski definition) is 5. The second-order valence-electron chi connectivity index (χ2n) is 11.1. The summed E-state index contributed by atoms with van der Waals surface area (Å²) in [5, 5.41) is 15.4. The van der Waals surface area contributed by atoms with Gasteiger partial charge in [0.15, 0.2) is 5.60 Å². The Kier molecular flexibility index (Phi) is 7.74. The van der Waals surface area contributed by atoms with E-state index in [4.69, 9.17) is 4.74 Å². The van der Waals surface area contributed by atoms with Gasteiger partial charge in [0.05, 0.1) is 18.7 Å². The predicted molar refractivity (Wildman–Crippen MR) is 129 cm³/mol. The minimum atomic E-state index is -0.961. The summed E-state index contributed by atoms with van der Waals surface area (Å²) in [5.74, 6) is 0.961. The summed E-state index contributed by atoms with van der Waals surface area (Å²) in [6.07, 6.45) is 4.14. The molecule has 7 nitrogen and oxygen atoms in total. The molecule has 1 unspecified atom stereocenters. The van der Waals surface area contributed by atoms with Gasteiger partial charge in [-0.2, -0.15) is 0 Å². The van der Waals surface area contributed by atoms with E-state index in [-0.39, 0.29) is 18.4 Å². The monoisotopic (exact) mass is 459 g/mol. The molecule has 33 heavy (non-hydrogen) atoms. The Morgan fingerprint density at radius 2 is 1.64 bits per heavy atom. The fourth-order valence-electron chi connectivity index (χ4n) is 5.22. The lowest BCUT2D eigenvalue weighted by Gasteiger charge is -2.39. The smallest absolute Gasteiger partial charge is 0.263 e. The number of nitrogens with one attached hydrogen (secondary N) is 2. The first-order valence-electron chi connectivity index (χ1n) is 12.1. The topological polar surface area (TPSA) is 90.9 Å². The Labute approximate surface area is 198 Å². The van der Waals surface area contributed by atoms with Gasteiger partial charge in [-0.3, -0.25) is 14.5 Å². The molecule has 7 heteroatoms. The van der Waals surface area contributed by atoms with Crippen LogP contribution in [0.1, 0.15) is 64.5 Å². The molecule has 2 saturated heterocycles. The first kappa shape index (κ1) is 25.5. The molecule has 3 N–H and O–H groups in total. The summed E-state index contributed by atoms with van der Waals surface area (Å²) in [7, 11) is 0. The second kappa shape index (κ2) is 10.0. The van der Waals surface area contributed by atoms with Gasteiger partial charge >= 0.3 is 0 Å². The van der Waals surface area contributed by atoms with E-state index in [0.717, 1.165) is 36.8 Å². The number of aryl methyl sites for hydroxylation is 2. The molecule has 3 rings (SSSR count). The molecule has 0 aromatic heterocycles. The van der Waals surface area contributed by atoms with Crippen LogP contribution in [-0.4, -0.2) is 64.7 Å². The van der Waals surface area contributed by atoms with Crippen molar-refractivity contribution in [2.75, 3.05) is 19.7 Å². The minimum Gasteiger partial charge on any atom is -0.478 e. The SMILES string of the molecule is Cc1cc(C)cc(OC(C)(C)C(=O)NCC2C[C@H]3CC[C@@H](C2)N3CC(=O)NC(C)(C)CO)c1. The van der Waals surface area contributed by atoms with Crippen LogP contribution < -0.4 is 15.4 Å². The zero-order valence-electron chi connectivity index (χ0n) is 21.0. The number of aliphatic hydroxyl groups is 1. The van der Waals surface area contributed by atoms with Crippen molar-refractivity contribution in [3.8, 4) is 5.75 Å². The first-order chi connectivity index (χ1) is 15.4. The van der Waals surface area contributed by atoms with Crippen molar-refractivity contribution in [2.45, 2.75) is 90.4 Å². The van der Waals surface area contributed by atoms with Gasteiger partial charge in [-0.1, -0.05) is 6.07 Å². The number of carbonyl (C=O) groups excluding carboxylic acids is 2. The van der Waals surface area contributed by atoms with E-state index in [1.807, 2.05) is 39.8 Å². The Bertz CT molecular complexity index is 833. The van der Waals surface area contributed by atoms with Crippen LogP contribution in [0.25, 0.3) is 0 Å². The van der Waals surface area contributed by atoms with Crippen LogP contribution in [0, 0.1) is 19.8 Å². The Morgan fingerprint density at radius 1 is 1.06 bits per heavy atom. The largest absolute Gasteiger partial charge is 0.478 e. The quantitative estimate of drug-likeness (QED) is 0.528. The van der Waals surface area contributed by atoms with Gasteiger partial charge in [0.25, 0.3) is 5.91 Å². The molecule has 0 aliphatic carbocycles. The lowest BCUT2D eigenvalue weighted by Crippen LogP contribution is -2.54. The molecule has 3 atom stereocenters. The number of aliphatic hydroxyl groups excluding tert-OH is 1. The van der Waals surface area contributed by atoms with Crippen molar-refractivity contribution in [1.29, 1.82) is 0 Å². The maximum absolute atomic E-state index is 12.9. The van der Waals surface area contributed by atoms with Gasteiger partial charge < -0.3 is 20.5 Å². The minimum absolute atomic E-state index is 0.0389. The standard InChI is InChI=1S/C26H41N3O4/c1-17-9-18(2)11-22(10-17)33-26(5,6)24(32)27-14-19-12-20-7-8-21(13-19)29(20)15-23(31)28-25(3,4)16-30/h9-11,19-21,30H,7-8,12-16H2,1-6H3,(H,27,32)(H,28,31)/t19?,20-,21+. The van der Waals surface area contributed by atoms with Crippen LogP contribution in [0.4, 0.5) is 0 Å². The summed E-state index contributed by atoms with van der Waals surface area (Å²) >= 11 is 0. The molecular formula is C26H41N3O4. The summed E-state index contributed by atoms with van der Waals surface area (Å²) in [4.78, 5) is 27.7. The van der Waals surface area contributed by atoms with Crippen LogP contribution >= 0.6 is 0 Å². The lowest BCUT2D eigenvalue weighted by atomic mass is 9.90. The molecule has 2 heterocycles. The van der Waals surface area contributed by atoms with E-state index in [9.17, 15) is 14.7 Å². The van der Waals surface area contributed by atoms with Gasteiger partial charge in [0.2, 0.25) is 5.91 Å². The predicted octanol–water partition coefficient (Wildman–Crippen LogP) is 2.71. The summed E-state index contributed by atoms with van der Waals surface area (Å²) < 4.78 is 6.05. The third-order valence-corrected chi connectivity index (χ3v) is 6.85. The van der Waals surface area contributed by atoms with Crippen molar-refractivity contribution in [3.63, 3.8) is 0 Å². The van der Waals surface area contributed by atoms with Gasteiger partial charge in [-0.15, -0.1) is 0 Å². The number of hydrogen-bond donors (Lipinski definition) is 3. The summed E-state index contributed by atoms with van der Waals surface area (Å²) in [6.45, 7) is 12.2. The van der Waals surface area contributed by atoms with Crippen LogP contribution in [0.2, 0.25) is 0 Å². The van der Waals surface area contributed by atoms with Gasteiger partial charge in [-0.25, -0.2) is 0 Å². The number of fused-ring (bicyclic) bond motifs is 2. The molecule has 0 spiro atoms. The van der Waals surface area contributed by atoms with Crippen molar-refractivity contribution < 1.29 is 19.4 Å². The fraction of sp³-hybridized carbons (Fsp3) is 0.692. The van der Waals surface area contributed by atoms with Gasteiger partial charge in [0, 0.05) is 18.6 Å². The number of carbonyl (C=O) groups is 2. The van der Waals surface area contributed by atoms with Crippen molar-refractivity contribution in [3.05, 3.63) is 29.3 Å². The molecule has 0 saturated carbocycles. The number of amides is 2. The Hall–Kier alpha value is -2.12. The van der Waals surface area contributed by atoms with Crippen LogP contribution in [0.5, 0.6) is 5.75 Å². The van der Waals surface area contributed by atoms with E-state index in [1.54, 1.807) is 13.8 Å². The number of rotatable bonds is 9. The molecule has 0 radical (unpaired) electrons. The van der Waals surface area contributed by atoms with Gasteiger partial charge in [-0.05, 0) is 96.4 Å². The molecule has 1 aromatic rings. The maximum atomic E-state index is 12.9. The van der Waals surface area contributed by atoms with Crippen LogP contribution in [0.15, 0.2) is 18.2 Å². The Morgan fingerprint density at radius 3 is 2.18 bits per heavy atom. The van der Waals surface area contributed by atoms with E-state index < -0.39 is 11.1 Å². The average Bonchev–Trinajstić information content (AvgIpc) is 2.92. The molecule has 184 valence electrons. The lowest BCUT2D eigenvalue weighted by molar-refractivity contribution is -0.134. The van der Waals surface area contributed by atoms with Crippen molar-refractivity contribution in [2.24, 2.45) is 5.92 Å². The van der Waals surface area contributed by atoms with E-state index in [1.165, 1.54) is 0 Å². The van der Waals surface area contributed by atoms with E-state index in [0.29, 0.717) is 36.8 Å². The fourth-order valence-corrected chi connectivity index (χ4v) is 5.22. The number of piperidine rings is 1. The van der Waals surface area contributed by atoms with Crippen LogP contribution in [-0.2, 0) is 9.59 Å². The normalized spacial score (nSPS) is 23.3. The summed E-state index contributed by atoms with van der Waals surface area (Å²) in [5.41, 5.74) is 0.650. The molecule has 2 aliphatic rings. The molecular weight excluding hydrogens is 418 g/mol. The molecule has 2 aliphatic heterocycles. The highest BCUT2D eigenvalue weighted by Gasteiger charge is 2.42. The van der Waals surface area contributed by atoms with Crippen molar-refractivity contribution in [1.82, 2.24) is 15.5 Å². The van der Waals surface area contributed by atoms with E-state index >= 15 is 0 Å². The Balaban J connectivity index is 1.50. The molecule has 2 bridgehead atoms. The molecule has 2 amide bonds. The van der Waals surface area contributed by atoms with Crippen molar-refractivity contribution >= 4 is 11.8 Å². The highest BCUT2D eigenvalue weighted by molar-refractivity contribution is 5.84. The average molecular weight is 460 g/mol. The zero-order chi connectivity index (χ0) is 24.4. The third-order valence-electron chi connectivity index (χ3n) is 6.85. The molecule has 2 fully saturated rings. The second-order valence-corrected chi connectivity index (χ2v) is 11.1. The molecule has 1 aromatic carbocycles. The van der Waals surface area contributed by atoms with Gasteiger partial charge in [0.1, 0.15) is 5.75 Å². The van der Waals surface area contributed by atoms with Crippen LogP contribution in [0.3, 0.4) is 0 Å². The first-order valence-corrected chi connectivity index (χ1v) is 12.1. The third kappa shape index (κ3) is 6.70. The zero-order valence-corrected chi connectivity index (χ0v) is 21.0. The number of nitrogens with zero attached hydrogens (tertiary/aromatic N) is 1. The number of ether oxygens (including phenoxy) is 1. The highest BCUT2D eigenvalue weighted by Crippen LogP contribution is 2.38.